The molecule has 42 heavy (non-hydrogen) atoms. The van der Waals surface area contributed by atoms with Crippen molar-refractivity contribution in [2.45, 2.75) is 25.8 Å². The second-order valence-electron chi connectivity index (χ2n) is 10.0. The zero-order chi connectivity index (χ0) is 30.1. The fourth-order valence-corrected chi connectivity index (χ4v) is 7.01. The summed E-state index contributed by atoms with van der Waals surface area (Å²) in [6, 6.07) is 21.0. The third-order valence-electron chi connectivity index (χ3n) is 7.41. The molecule has 2 aliphatic rings. The number of rotatable bonds is 12. The van der Waals surface area contributed by atoms with Gasteiger partial charge in [0.15, 0.2) is 5.70 Å². The number of non-ortho nitro benzene ring substituents is 1. The monoisotopic (exact) mass is 594 g/mol. The van der Waals surface area contributed by atoms with Gasteiger partial charge in [0.25, 0.3) is 5.69 Å². The number of amides is 1. The Kier molecular flexibility index (Phi) is 7.77. The molecule has 218 valence electrons. The summed E-state index contributed by atoms with van der Waals surface area (Å²) in [5.74, 6) is -2.82. The predicted molar refractivity (Wildman–Crippen MR) is 148 cm³/mol. The summed E-state index contributed by atoms with van der Waals surface area (Å²) >= 11 is 0. The lowest BCUT2D eigenvalue weighted by Crippen LogP contribution is -2.69. The zero-order valence-electron chi connectivity index (χ0n) is 22.4. The topological polar surface area (TPSA) is 166 Å². The van der Waals surface area contributed by atoms with Crippen LogP contribution in [0.15, 0.2) is 96.4 Å². The Labute approximate surface area is 240 Å². The summed E-state index contributed by atoms with van der Waals surface area (Å²) in [4.78, 5) is 37.8. The highest BCUT2D eigenvalue weighted by atomic mass is 31.2. The summed E-state index contributed by atoms with van der Waals surface area (Å²) < 4.78 is 31.3. The van der Waals surface area contributed by atoms with E-state index in [0.717, 1.165) is 4.90 Å². The number of fused-ring (bicyclic) bond motifs is 1. The minimum atomic E-state index is -4.58. The summed E-state index contributed by atoms with van der Waals surface area (Å²) in [6.07, 6.45) is 0.0714. The van der Waals surface area contributed by atoms with Gasteiger partial charge in [0, 0.05) is 24.7 Å². The van der Waals surface area contributed by atoms with E-state index in [0.29, 0.717) is 5.56 Å². The lowest BCUT2D eigenvalue weighted by molar-refractivity contribution is -0.384. The number of β-lactam (4-membered cyclic amide) rings is 1. The summed E-state index contributed by atoms with van der Waals surface area (Å²) in [5.41, 5.74) is -1.28. The average Bonchev–Trinajstić information content (AvgIpc) is 3.23. The van der Waals surface area contributed by atoms with Gasteiger partial charge < -0.3 is 23.8 Å². The average molecular weight is 595 g/mol. The third kappa shape index (κ3) is 5.22. The Hall–Kier alpha value is -4.67. The van der Waals surface area contributed by atoms with Gasteiger partial charge >= 0.3 is 13.8 Å². The van der Waals surface area contributed by atoms with Crippen LogP contribution in [0.25, 0.3) is 0 Å². The molecule has 3 aromatic rings. The number of aliphatic carboxylic acids is 1. The van der Waals surface area contributed by atoms with Gasteiger partial charge in [-0.15, -0.1) is 0 Å². The van der Waals surface area contributed by atoms with Crippen molar-refractivity contribution in [3.05, 3.63) is 112 Å². The fraction of sp³-hybridized carbons (Fsp3) is 0.241. The van der Waals surface area contributed by atoms with Crippen molar-refractivity contribution < 1.29 is 42.9 Å². The number of carbonyl (C=O) groups excluding carboxylic acids is 1. The van der Waals surface area contributed by atoms with Crippen LogP contribution < -0.4 is 9.05 Å². The van der Waals surface area contributed by atoms with Crippen LogP contribution in [-0.4, -0.2) is 44.6 Å². The molecule has 2 heterocycles. The number of nitro groups is 1. The second kappa shape index (κ2) is 11.3. The number of carboxylic acids is 1. The van der Waals surface area contributed by atoms with Crippen LogP contribution in [0.3, 0.4) is 0 Å². The first-order valence-electron chi connectivity index (χ1n) is 13.0. The van der Waals surface area contributed by atoms with Crippen molar-refractivity contribution >= 4 is 25.4 Å². The maximum atomic E-state index is 14.1. The van der Waals surface area contributed by atoms with E-state index in [4.69, 9.17) is 13.6 Å². The molecule has 1 amide bonds. The van der Waals surface area contributed by atoms with E-state index in [-0.39, 0.29) is 42.4 Å². The number of hydrogen-bond donors (Lipinski definition) is 2. The molecule has 3 aromatic carbocycles. The number of hydrogen-bond acceptors (Lipinski definition) is 9. The zero-order valence-corrected chi connectivity index (χ0v) is 23.3. The molecule has 12 nitrogen and oxygen atoms in total. The van der Waals surface area contributed by atoms with Gasteiger partial charge in [-0.3, -0.25) is 19.8 Å². The van der Waals surface area contributed by atoms with Gasteiger partial charge in [-0.25, -0.2) is 4.79 Å². The number of para-hydroxylation sites is 2. The Balaban J connectivity index is 1.51. The standard InChI is InChI=1S/C29H27N2O10P/c1-19-25(41-42(38,39-22-8-4-2-5-9-22)40-23-10-6-3-7-11-23)24(27(33)34)30-26(19)29(16-17-32,28(30)35)18-20-12-14-21(15-13-20)31(36)37/h2-15,19,26,32H,16-18H2,1H3,(H,33,34)/t19-,26-,29+/m0/s1. The van der Waals surface area contributed by atoms with Gasteiger partial charge in [0.2, 0.25) is 5.91 Å². The maximum absolute atomic E-state index is 14.1. The Bertz CT molecular complexity index is 1530. The minimum Gasteiger partial charge on any atom is -0.476 e. The molecular formula is C29H27N2O10P. The Morgan fingerprint density at radius 2 is 1.52 bits per heavy atom. The number of phosphoric acid groups is 1. The van der Waals surface area contributed by atoms with Gasteiger partial charge in [0.05, 0.1) is 16.4 Å². The molecule has 0 spiro atoms. The normalized spacial score (nSPS) is 21.4. The number of nitro benzene ring substituents is 1. The second-order valence-corrected chi connectivity index (χ2v) is 11.4. The van der Waals surface area contributed by atoms with Crippen LogP contribution in [0.5, 0.6) is 11.5 Å². The molecule has 0 radical (unpaired) electrons. The van der Waals surface area contributed by atoms with Gasteiger partial charge in [-0.1, -0.05) is 55.5 Å². The third-order valence-corrected chi connectivity index (χ3v) is 8.70. The number of nitrogens with zero attached hydrogens (tertiary/aromatic N) is 2. The smallest absolute Gasteiger partial charge is 0.476 e. The van der Waals surface area contributed by atoms with Crippen LogP contribution in [0, 0.1) is 21.4 Å². The van der Waals surface area contributed by atoms with Crippen molar-refractivity contribution in [1.29, 1.82) is 0 Å². The first-order chi connectivity index (χ1) is 20.1. The van der Waals surface area contributed by atoms with Gasteiger partial charge in [0.1, 0.15) is 17.3 Å². The molecule has 3 atom stereocenters. The molecule has 1 saturated heterocycles. The molecular weight excluding hydrogens is 567 g/mol. The molecule has 5 rings (SSSR count). The Morgan fingerprint density at radius 3 is 2.00 bits per heavy atom. The number of aliphatic hydroxyl groups is 1. The van der Waals surface area contributed by atoms with Crippen molar-refractivity contribution in [2.75, 3.05) is 6.61 Å². The van der Waals surface area contributed by atoms with Crippen molar-refractivity contribution in [1.82, 2.24) is 4.90 Å². The van der Waals surface area contributed by atoms with Crippen LogP contribution in [0.1, 0.15) is 18.9 Å². The minimum absolute atomic E-state index is 0.00675. The molecule has 0 unspecified atom stereocenters. The van der Waals surface area contributed by atoms with E-state index in [1.165, 1.54) is 48.5 Å². The van der Waals surface area contributed by atoms with E-state index < -0.39 is 47.7 Å². The van der Waals surface area contributed by atoms with E-state index in [9.17, 15) is 34.5 Å². The summed E-state index contributed by atoms with van der Waals surface area (Å²) in [5, 5.41) is 31.2. The molecule has 1 fully saturated rings. The molecule has 13 heteroatoms. The predicted octanol–water partition coefficient (Wildman–Crippen LogP) is 4.95. The van der Waals surface area contributed by atoms with Crippen molar-refractivity contribution in [3.8, 4) is 11.5 Å². The molecule has 0 saturated carbocycles. The maximum Gasteiger partial charge on any atom is 0.646 e. The number of aliphatic hydroxyl groups excluding tert-OH is 1. The highest BCUT2D eigenvalue weighted by molar-refractivity contribution is 7.49. The van der Waals surface area contributed by atoms with Gasteiger partial charge in [-0.2, -0.15) is 4.57 Å². The van der Waals surface area contributed by atoms with Crippen LogP contribution in [-0.2, 0) is 25.1 Å². The number of phosphoric ester groups is 1. The van der Waals surface area contributed by atoms with E-state index in [1.807, 2.05) is 0 Å². The summed E-state index contributed by atoms with van der Waals surface area (Å²) in [6.45, 7) is 1.26. The first kappa shape index (κ1) is 28.8. The number of carboxylic acid groups (broad SMARTS) is 1. The van der Waals surface area contributed by atoms with E-state index in [2.05, 4.69) is 0 Å². The van der Waals surface area contributed by atoms with Crippen LogP contribution in [0.2, 0.25) is 0 Å². The molecule has 0 aliphatic carbocycles. The fourth-order valence-electron chi connectivity index (χ4n) is 5.65. The molecule has 2 aliphatic heterocycles. The van der Waals surface area contributed by atoms with Crippen molar-refractivity contribution in [2.24, 2.45) is 11.3 Å². The largest absolute Gasteiger partial charge is 0.646 e. The SMILES string of the molecule is C[C@H]1C(OP(=O)(Oc2ccccc2)Oc2ccccc2)=C(C(=O)O)N2C(=O)[C@](CCO)(Cc3ccc([N+](=O)[O-])cc3)[C@H]12. The highest BCUT2D eigenvalue weighted by Gasteiger charge is 2.68. The van der Waals surface area contributed by atoms with Crippen LogP contribution >= 0.6 is 7.82 Å². The quantitative estimate of drug-likeness (QED) is 0.127. The van der Waals surface area contributed by atoms with Gasteiger partial charge in [-0.05, 0) is 42.7 Å². The first-order valence-corrected chi connectivity index (χ1v) is 14.5. The number of carbonyl (C=O) groups is 2. The molecule has 2 N–H and O–H groups in total. The number of benzene rings is 3. The highest BCUT2D eigenvalue weighted by Crippen LogP contribution is 2.60. The summed E-state index contributed by atoms with van der Waals surface area (Å²) in [7, 11) is -4.58. The van der Waals surface area contributed by atoms with Crippen molar-refractivity contribution in [3.63, 3.8) is 0 Å². The Morgan fingerprint density at radius 1 is 0.976 bits per heavy atom. The van der Waals surface area contributed by atoms with E-state index >= 15 is 0 Å². The van der Waals surface area contributed by atoms with E-state index in [1.54, 1.807) is 43.3 Å². The van der Waals surface area contributed by atoms with Crippen LogP contribution in [0.4, 0.5) is 5.69 Å². The lowest BCUT2D eigenvalue weighted by Gasteiger charge is -2.54. The lowest BCUT2D eigenvalue weighted by atomic mass is 9.62. The molecule has 0 bridgehead atoms. The molecule has 0 aromatic heterocycles.